The molecule has 0 aromatic carbocycles. The number of carbonyl (C=O) groups excluding carboxylic acids is 1. The molecule has 30 heavy (non-hydrogen) atoms. The minimum absolute atomic E-state index is 0.375. The van der Waals surface area contributed by atoms with Crippen LogP contribution in [0.4, 0.5) is 11.6 Å². The Hall–Kier alpha value is -2.68. The Morgan fingerprint density at radius 3 is 2.70 bits per heavy atom. The first-order chi connectivity index (χ1) is 14.5. The largest absolute Gasteiger partial charge is 0.471 e. The quantitative estimate of drug-likeness (QED) is 0.569. The van der Waals surface area contributed by atoms with E-state index in [4.69, 9.17) is 9.78 Å². The van der Waals surface area contributed by atoms with Crippen molar-refractivity contribution in [1.82, 2.24) is 19.6 Å². The van der Waals surface area contributed by atoms with Crippen LogP contribution < -0.4 is 10.2 Å². The highest BCUT2D eigenvalue weighted by atomic mass is 79.9. The summed E-state index contributed by atoms with van der Waals surface area (Å²) in [7, 11) is 1.31. The van der Waals surface area contributed by atoms with E-state index in [1.807, 2.05) is 16.8 Å². The van der Waals surface area contributed by atoms with E-state index in [9.17, 15) is 0 Å². The number of methoxy groups -OCH3 is 1. The third-order valence-corrected chi connectivity index (χ3v) is 6.71. The lowest BCUT2D eigenvalue weighted by Gasteiger charge is -2.24. The number of rotatable bonds is 5. The molecule has 2 atom stereocenters. The van der Waals surface area contributed by atoms with Crippen molar-refractivity contribution in [2.45, 2.75) is 20.4 Å². The molecule has 2 aliphatic rings. The Morgan fingerprint density at radius 2 is 2.07 bits per heavy atom. The van der Waals surface area contributed by atoms with Gasteiger partial charge in [-0.1, -0.05) is 19.9 Å². The van der Waals surface area contributed by atoms with Crippen molar-refractivity contribution in [1.29, 1.82) is 0 Å². The maximum atomic E-state index is 8.95. The van der Waals surface area contributed by atoms with Crippen molar-refractivity contribution in [3.63, 3.8) is 0 Å². The molecule has 158 valence electrons. The molecule has 9 heteroatoms. The zero-order valence-corrected chi connectivity index (χ0v) is 18.8. The highest BCUT2D eigenvalue weighted by Gasteiger charge is 2.62. The third kappa shape index (κ3) is 3.86. The average Bonchev–Trinajstić information content (AvgIpc) is 3.16. The first-order valence-corrected chi connectivity index (χ1v) is 10.6. The number of hydrogen-bond acceptors (Lipinski definition) is 7. The predicted octanol–water partition coefficient (Wildman–Crippen LogP) is 3.38. The van der Waals surface area contributed by atoms with Gasteiger partial charge in [-0.05, 0) is 44.8 Å². The molecule has 3 aromatic rings. The number of piperidine rings is 1. The van der Waals surface area contributed by atoms with Gasteiger partial charge in [0, 0.05) is 38.1 Å². The molecule has 2 unspecified atom stereocenters. The predicted molar refractivity (Wildman–Crippen MR) is 118 cm³/mol. The van der Waals surface area contributed by atoms with Crippen molar-refractivity contribution in [2.24, 2.45) is 17.3 Å². The van der Waals surface area contributed by atoms with Crippen LogP contribution >= 0.6 is 15.9 Å². The lowest BCUT2D eigenvalue weighted by Crippen LogP contribution is -2.27. The van der Waals surface area contributed by atoms with Crippen LogP contribution in [0.1, 0.15) is 19.4 Å². The molecular weight excluding hydrogens is 448 g/mol. The molecule has 5 rings (SSSR count). The number of nitrogens with one attached hydrogen (secondary N) is 1. The van der Waals surface area contributed by atoms with E-state index >= 15 is 0 Å². The zero-order valence-electron chi connectivity index (χ0n) is 17.2. The number of nitrogens with zero attached hydrogens (tertiary/aromatic N) is 5. The summed E-state index contributed by atoms with van der Waals surface area (Å²) in [6.45, 7) is 8.01. The molecule has 0 bridgehead atoms. The number of pyridine rings is 1. The molecule has 0 amide bonds. The molecule has 0 spiro atoms. The summed E-state index contributed by atoms with van der Waals surface area (Å²) >= 11 is 3.58. The summed E-state index contributed by atoms with van der Waals surface area (Å²) < 4.78 is 6.62. The number of aromatic nitrogens is 4. The normalized spacial score (nSPS) is 20.9. The summed E-state index contributed by atoms with van der Waals surface area (Å²) in [5.74, 6) is 3.55. The van der Waals surface area contributed by atoms with Crippen molar-refractivity contribution >= 4 is 39.7 Å². The van der Waals surface area contributed by atoms with Gasteiger partial charge in [-0.3, -0.25) is 9.78 Å². The van der Waals surface area contributed by atoms with Gasteiger partial charge in [0.25, 0.3) is 6.47 Å². The Balaban J connectivity index is 0.000000503. The van der Waals surface area contributed by atoms with E-state index in [1.165, 1.54) is 7.11 Å². The molecule has 1 aliphatic heterocycles. The minimum Gasteiger partial charge on any atom is -0.471 e. The van der Waals surface area contributed by atoms with Crippen LogP contribution in [-0.4, -0.2) is 46.3 Å². The number of ether oxygens (including phenoxy) is 1. The van der Waals surface area contributed by atoms with Crippen molar-refractivity contribution in [3.05, 3.63) is 46.8 Å². The SMILES string of the molecule is CC1(C)C2CN(c3cc(NCc4cccnc4)n4ncc(Br)c4n3)CC21.COC=O. The fourth-order valence-corrected chi connectivity index (χ4v) is 4.57. The van der Waals surface area contributed by atoms with Crippen LogP contribution in [-0.2, 0) is 16.1 Å². The topological polar surface area (TPSA) is 84.7 Å². The molecule has 0 radical (unpaired) electrons. The maximum Gasteiger partial charge on any atom is 0.292 e. The highest BCUT2D eigenvalue weighted by Crippen LogP contribution is 2.62. The highest BCUT2D eigenvalue weighted by molar-refractivity contribution is 9.10. The fourth-order valence-electron chi connectivity index (χ4n) is 4.23. The maximum absolute atomic E-state index is 8.95. The molecule has 1 N–H and O–H groups in total. The second-order valence-electron chi connectivity index (χ2n) is 8.21. The molecule has 2 fully saturated rings. The van der Waals surface area contributed by atoms with Gasteiger partial charge >= 0.3 is 0 Å². The van der Waals surface area contributed by atoms with E-state index in [-0.39, 0.29) is 0 Å². The Morgan fingerprint density at radius 1 is 1.33 bits per heavy atom. The number of halogens is 1. The number of fused-ring (bicyclic) bond motifs is 2. The molecule has 1 saturated carbocycles. The lowest BCUT2D eigenvalue weighted by atomic mass is 10.1. The molecule has 1 saturated heterocycles. The number of anilines is 2. The molecule has 3 aromatic heterocycles. The molecule has 1 aliphatic carbocycles. The monoisotopic (exact) mass is 472 g/mol. The average molecular weight is 473 g/mol. The van der Waals surface area contributed by atoms with Crippen LogP contribution in [0.15, 0.2) is 41.3 Å². The first kappa shape index (κ1) is 20.6. The van der Waals surface area contributed by atoms with Crippen molar-refractivity contribution in [3.8, 4) is 0 Å². The number of carbonyl (C=O) groups is 1. The molecule has 4 heterocycles. The van der Waals surface area contributed by atoms with Gasteiger partial charge in [-0.15, -0.1) is 0 Å². The van der Waals surface area contributed by atoms with Gasteiger partial charge in [-0.2, -0.15) is 9.61 Å². The van der Waals surface area contributed by atoms with Gasteiger partial charge in [0.05, 0.1) is 17.8 Å². The van der Waals surface area contributed by atoms with E-state index in [0.29, 0.717) is 18.4 Å². The van der Waals surface area contributed by atoms with Crippen LogP contribution in [0, 0.1) is 17.3 Å². The van der Waals surface area contributed by atoms with Gasteiger partial charge in [0.15, 0.2) is 5.65 Å². The smallest absolute Gasteiger partial charge is 0.292 e. The summed E-state index contributed by atoms with van der Waals surface area (Å²) in [5, 5.41) is 7.95. The fraction of sp³-hybridized carbons (Fsp3) is 0.429. The number of hydrogen-bond donors (Lipinski definition) is 1. The lowest BCUT2D eigenvalue weighted by molar-refractivity contribution is -0.126. The Kier molecular flexibility index (Phi) is 5.64. The molecule has 8 nitrogen and oxygen atoms in total. The Labute approximate surface area is 183 Å². The summed E-state index contributed by atoms with van der Waals surface area (Å²) in [4.78, 5) is 20.4. The second-order valence-corrected chi connectivity index (χ2v) is 9.07. The van der Waals surface area contributed by atoms with Gasteiger partial charge < -0.3 is 15.0 Å². The summed E-state index contributed by atoms with van der Waals surface area (Å²) in [6, 6.07) is 6.13. The van der Waals surface area contributed by atoms with Gasteiger partial charge in [0.1, 0.15) is 11.6 Å². The first-order valence-electron chi connectivity index (χ1n) is 9.84. The minimum atomic E-state index is 0.375. The summed E-state index contributed by atoms with van der Waals surface area (Å²) in [6.07, 6.45) is 5.46. The zero-order chi connectivity index (χ0) is 21.3. The summed E-state index contributed by atoms with van der Waals surface area (Å²) in [5.41, 5.74) is 2.48. The third-order valence-electron chi connectivity index (χ3n) is 6.15. The van der Waals surface area contributed by atoms with E-state index in [1.54, 1.807) is 12.4 Å². The van der Waals surface area contributed by atoms with Gasteiger partial charge in [0.2, 0.25) is 0 Å². The van der Waals surface area contributed by atoms with Crippen LogP contribution in [0.3, 0.4) is 0 Å². The van der Waals surface area contributed by atoms with Crippen LogP contribution in [0.5, 0.6) is 0 Å². The van der Waals surface area contributed by atoms with Crippen molar-refractivity contribution < 1.29 is 9.53 Å². The van der Waals surface area contributed by atoms with E-state index in [0.717, 1.165) is 52.2 Å². The van der Waals surface area contributed by atoms with E-state index in [2.05, 4.69) is 66.9 Å². The standard InChI is InChI=1S/C19H21BrN6.C2H4O2/c1-19(2)13-10-25(11-14(13)19)17-6-16(22-8-12-4-3-5-21-7-12)26-18(24-17)15(20)9-23-26;1-4-2-3/h3-7,9,13-14,22H,8,10-11H2,1-2H3;2H,1H3. The van der Waals surface area contributed by atoms with Gasteiger partial charge in [-0.25, -0.2) is 4.98 Å². The van der Waals surface area contributed by atoms with Crippen LogP contribution in [0.25, 0.3) is 5.65 Å². The Bertz CT molecular complexity index is 1020. The van der Waals surface area contributed by atoms with Crippen LogP contribution in [0.2, 0.25) is 0 Å². The molecular formula is C21H25BrN6O2. The second kappa shape index (κ2) is 8.22. The van der Waals surface area contributed by atoms with E-state index < -0.39 is 0 Å². The van der Waals surface area contributed by atoms with Crippen molar-refractivity contribution in [2.75, 3.05) is 30.4 Å².